The van der Waals surface area contributed by atoms with Gasteiger partial charge in [0.15, 0.2) is 5.72 Å². The monoisotopic (exact) mass is 503 g/mol. The van der Waals surface area contributed by atoms with E-state index in [0.717, 1.165) is 22.4 Å². The summed E-state index contributed by atoms with van der Waals surface area (Å²) in [5.74, 6) is 0. The van der Waals surface area contributed by atoms with Crippen molar-refractivity contribution in [1.82, 2.24) is 0 Å². The highest BCUT2D eigenvalue weighted by Gasteiger charge is 2.81. The predicted molar refractivity (Wildman–Crippen MR) is 150 cm³/mol. The van der Waals surface area contributed by atoms with Crippen LogP contribution in [0.2, 0.25) is 0 Å². The molecule has 0 unspecified atom stereocenters. The van der Waals surface area contributed by atoms with E-state index in [0.29, 0.717) is 6.42 Å². The molecule has 1 fully saturated rings. The molecule has 4 heteroatoms. The number of nitrogens with zero attached hydrogens (tertiary/aromatic N) is 1. The molecule has 0 spiro atoms. The Kier molecular flexibility index (Phi) is 5.51. The molecule has 0 saturated carbocycles. The summed E-state index contributed by atoms with van der Waals surface area (Å²) in [6, 6.07) is 39.5. The number of carbonyl (C=O) groups is 1. The van der Waals surface area contributed by atoms with Gasteiger partial charge < -0.3 is 9.47 Å². The minimum atomic E-state index is -0.999. The maximum Gasteiger partial charge on any atom is 0.417 e. The van der Waals surface area contributed by atoms with E-state index in [1.54, 1.807) is 4.90 Å². The van der Waals surface area contributed by atoms with Gasteiger partial charge in [0, 0.05) is 0 Å². The van der Waals surface area contributed by atoms with Crippen molar-refractivity contribution in [2.45, 2.75) is 56.5 Å². The lowest BCUT2D eigenvalue weighted by molar-refractivity contribution is -0.317. The molecule has 0 aliphatic carbocycles. The van der Waals surface area contributed by atoms with Crippen LogP contribution in [0.25, 0.3) is 0 Å². The molecule has 0 aromatic heterocycles. The molecule has 0 radical (unpaired) electrons. The zero-order valence-corrected chi connectivity index (χ0v) is 22.3. The van der Waals surface area contributed by atoms with Gasteiger partial charge in [0.2, 0.25) is 0 Å². The first-order chi connectivity index (χ1) is 18.2. The Morgan fingerprint density at radius 2 is 1.26 bits per heavy atom. The van der Waals surface area contributed by atoms with Crippen LogP contribution < -0.4 is 4.90 Å². The molecule has 1 amide bonds. The molecule has 2 atom stereocenters. The van der Waals surface area contributed by atoms with Crippen LogP contribution in [0.1, 0.15) is 49.9 Å². The lowest BCUT2D eigenvalue weighted by Crippen LogP contribution is -2.80. The van der Waals surface area contributed by atoms with Crippen LogP contribution in [0, 0.1) is 0 Å². The molecule has 4 aromatic carbocycles. The molecule has 2 aliphatic rings. The Morgan fingerprint density at radius 1 is 0.763 bits per heavy atom. The van der Waals surface area contributed by atoms with E-state index in [1.807, 2.05) is 58.0 Å². The zero-order valence-electron chi connectivity index (χ0n) is 22.3. The van der Waals surface area contributed by atoms with Gasteiger partial charge in [0.05, 0.1) is 11.1 Å². The van der Waals surface area contributed by atoms with Crippen molar-refractivity contribution in [3.8, 4) is 0 Å². The van der Waals surface area contributed by atoms with Crippen LogP contribution in [-0.4, -0.2) is 17.4 Å². The number of anilines is 1. The molecule has 4 aromatic rings. The molecule has 6 rings (SSSR count). The number of para-hydroxylation sites is 1. The second-order valence-corrected chi connectivity index (χ2v) is 11.4. The summed E-state index contributed by atoms with van der Waals surface area (Å²) in [4.78, 5) is 15.7. The molecule has 0 bridgehead atoms. The third-order valence-electron chi connectivity index (χ3n) is 8.02. The highest BCUT2D eigenvalue weighted by molar-refractivity contribution is 5.95. The van der Waals surface area contributed by atoms with E-state index in [-0.39, 0.29) is 0 Å². The summed E-state index contributed by atoms with van der Waals surface area (Å²) in [7, 11) is 0. The molecule has 4 nitrogen and oxygen atoms in total. The van der Waals surface area contributed by atoms with Gasteiger partial charge in [-0.05, 0) is 62.4 Å². The number of amides is 1. The number of hydrogen-bond acceptors (Lipinski definition) is 3. The molecule has 0 N–H and O–H groups in total. The molecular formula is C34H33NO3. The summed E-state index contributed by atoms with van der Waals surface area (Å²) >= 11 is 0. The lowest BCUT2D eigenvalue weighted by Gasteiger charge is -2.68. The summed E-state index contributed by atoms with van der Waals surface area (Å²) in [6.45, 7) is 7.73. The molecule has 1 saturated heterocycles. The zero-order chi connectivity index (χ0) is 26.6. The standard InChI is InChI=1S/C34H33NO3/c1-31(2,3)37-30(36)35-29-23-15-14-22-28(29)33(24-25-16-8-5-9-17-25)32(35,4)38-34(33,26-18-10-6-11-19-26)27-20-12-7-13-21-27/h5-23H,24H2,1-4H3/t32-,33-/m1/s1. The number of hydrogen-bond donors (Lipinski definition) is 0. The number of rotatable bonds is 4. The Hall–Kier alpha value is -3.89. The topological polar surface area (TPSA) is 38.8 Å². The highest BCUT2D eigenvalue weighted by atomic mass is 16.6. The van der Waals surface area contributed by atoms with Crippen LogP contribution in [0.3, 0.4) is 0 Å². The number of fused-ring (bicyclic) bond motifs is 3. The SMILES string of the molecule is CC(C)(C)OC(=O)N1c2ccccc2[C@@]2(Cc3ccccc3)C(c3ccccc3)(c3ccccc3)O[C@@]12C. The normalized spacial score (nSPS) is 23.2. The number of ether oxygens (including phenoxy) is 2. The first-order valence-corrected chi connectivity index (χ1v) is 13.2. The van der Waals surface area contributed by atoms with Gasteiger partial charge in [-0.1, -0.05) is 109 Å². The molecule has 2 heterocycles. The Labute approximate surface area is 224 Å². The van der Waals surface area contributed by atoms with Crippen LogP contribution >= 0.6 is 0 Å². The van der Waals surface area contributed by atoms with Crippen molar-refractivity contribution in [2.75, 3.05) is 4.90 Å². The van der Waals surface area contributed by atoms with Crippen molar-refractivity contribution in [1.29, 1.82) is 0 Å². The van der Waals surface area contributed by atoms with Crippen molar-refractivity contribution in [3.63, 3.8) is 0 Å². The van der Waals surface area contributed by atoms with Crippen LogP contribution in [0.15, 0.2) is 115 Å². The van der Waals surface area contributed by atoms with E-state index in [9.17, 15) is 4.79 Å². The van der Waals surface area contributed by atoms with Crippen LogP contribution in [0.5, 0.6) is 0 Å². The maximum absolute atomic E-state index is 13.9. The fourth-order valence-electron chi connectivity index (χ4n) is 6.68. The van der Waals surface area contributed by atoms with Gasteiger partial charge in [-0.25, -0.2) is 9.69 Å². The average molecular weight is 504 g/mol. The number of carbonyl (C=O) groups excluding carboxylic acids is 1. The second-order valence-electron chi connectivity index (χ2n) is 11.4. The van der Waals surface area contributed by atoms with Crippen LogP contribution in [-0.2, 0) is 26.9 Å². The summed E-state index contributed by atoms with van der Waals surface area (Å²) in [5, 5.41) is 0. The fraction of sp³-hybridized carbons (Fsp3) is 0.265. The van der Waals surface area contributed by atoms with E-state index >= 15 is 0 Å². The first-order valence-electron chi connectivity index (χ1n) is 13.2. The smallest absolute Gasteiger partial charge is 0.417 e. The summed E-state index contributed by atoms with van der Waals surface area (Å²) in [5.41, 5.74) is 2.07. The van der Waals surface area contributed by atoms with Gasteiger partial charge in [-0.3, -0.25) is 0 Å². The molecule has 38 heavy (non-hydrogen) atoms. The maximum atomic E-state index is 13.9. The minimum Gasteiger partial charge on any atom is -0.443 e. The van der Waals surface area contributed by atoms with Crippen LogP contribution in [0.4, 0.5) is 10.5 Å². The molecule has 2 aliphatic heterocycles. The van der Waals surface area contributed by atoms with Crippen molar-refractivity contribution in [3.05, 3.63) is 138 Å². The molecular weight excluding hydrogens is 470 g/mol. The minimum absolute atomic E-state index is 0.405. The van der Waals surface area contributed by atoms with E-state index in [4.69, 9.17) is 9.47 Å². The van der Waals surface area contributed by atoms with E-state index in [2.05, 4.69) is 84.9 Å². The quantitative estimate of drug-likeness (QED) is 0.288. The Morgan fingerprint density at radius 3 is 1.82 bits per heavy atom. The van der Waals surface area contributed by atoms with Gasteiger partial charge in [-0.2, -0.15) is 0 Å². The van der Waals surface area contributed by atoms with E-state index in [1.165, 1.54) is 5.56 Å². The third-order valence-corrected chi connectivity index (χ3v) is 8.02. The predicted octanol–water partition coefficient (Wildman–Crippen LogP) is 7.61. The van der Waals surface area contributed by atoms with Gasteiger partial charge in [0.25, 0.3) is 0 Å². The Balaban J connectivity index is 1.67. The third kappa shape index (κ3) is 3.30. The average Bonchev–Trinajstić information content (AvgIpc) is 3.07. The van der Waals surface area contributed by atoms with Gasteiger partial charge >= 0.3 is 6.09 Å². The van der Waals surface area contributed by atoms with Crippen molar-refractivity contribution in [2.24, 2.45) is 0 Å². The van der Waals surface area contributed by atoms with E-state index < -0.39 is 28.4 Å². The Bertz CT molecular complexity index is 1420. The fourth-order valence-corrected chi connectivity index (χ4v) is 6.68. The number of benzene rings is 4. The van der Waals surface area contributed by atoms with Gasteiger partial charge in [-0.15, -0.1) is 0 Å². The highest BCUT2D eigenvalue weighted by Crippen LogP contribution is 2.73. The summed E-state index contributed by atoms with van der Waals surface area (Å²) in [6.07, 6.45) is 0.266. The van der Waals surface area contributed by atoms with Gasteiger partial charge in [0.1, 0.15) is 11.2 Å². The van der Waals surface area contributed by atoms with Crippen molar-refractivity contribution < 1.29 is 14.3 Å². The van der Waals surface area contributed by atoms with Crippen molar-refractivity contribution >= 4 is 11.8 Å². The summed E-state index contributed by atoms with van der Waals surface area (Å²) < 4.78 is 13.2. The second kappa shape index (κ2) is 8.57. The largest absolute Gasteiger partial charge is 0.443 e. The molecule has 192 valence electrons. The first kappa shape index (κ1) is 24.4. The lowest BCUT2D eigenvalue weighted by atomic mass is 9.51.